The Hall–Kier alpha value is -0.860. The van der Waals surface area contributed by atoms with Crippen LogP contribution in [0.2, 0.25) is 0 Å². The summed E-state index contributed by atoms with van der Waals surface area (Å²) in [6.07, 6.45) is 0. The van der Waals surface area contributed by atoms with Crippen molar-refractivity contribution in [1.29, 1.82) is 0 Å². The van der Waals surface area contributed by atoms with Crippen LogP contribution < -0.4 is 5.73 Å². The first-order valence-corrected chi connectivity index (χ1v) is 6.18. The van der Waals surface area contributed by atoms with Gasteiger partial charge in [-0.2, -0.15) is 0 Å². The minimum absolute atomic E-state index is 0.316. The van der Waals surface area contributed by atoms with Gasteiger partial charge in [0.1, 0.15) is 0 Å². The molecule has 0 aliphatic carbocycles. The maximum absolute atomic E-state index is 6.02. The molecule has 1 aliphatic heterocycles. The molecule has 2 nitrogen and oxygen atoms in total. The van der Waals surface area contributed by atoms with Crippen molar-refractivity contribution in [2.75, 3.05) is 13.1 Å². The van der Waals surface area contributed by atoms with Gasteiger partial charge in [0, 0.05) is 25.7 Å². The Bertz CT molecular complexity index is 321. The SMILES string of the molecule is CC(N)C1CN(Cc2ccccc2)CC1C. The highest BCUT2D eigenvalue weighted by atomic mass is 15.2. The predicted molar refractivity (Wildman–Crippen MR) is 68.0 cm³/mol. The smallest absolute Gasteiger partial charge is 0.0233 e. The normalized spacial score (nSPS) is 28.2. The van der Waals surface area contributed by atoms with E-state index in [1.807, 2.05) is 0 Å². The molecule has 0 radical (unpaired) electrons. The largest absolute Gasteiger partial charge is 0.328 e. The highest BCUT2D eigenvalue weighted by molar-refractivity contribution is 5.14. The molecule has 2 N–H and O–H groups in total. The Morgan fingerprint density at radius 3 is 2.56 bits per heavy atom. The quantitative estimate of drug-likeness (QED) is 0.842. The van der Waals surface area contributed by atoms with Crippen molar-refractivity contribution in [3.8, 4) is 0 Å². The number of hydrogen-bond acceptors (Lipinski definition) is 2. The van der Waals surface area contributed by atoms with Crippen molar-refractivity contribution in [2.45, 2.75) is 26.4 Å². The van der Waals surface area contributed by atoms with Gasteiger partial charge in [-0.15, -0.1) is 0 Å². The second-order valence-electron chi connectivity index (χ2n) is 5.18. The summed E-state index contributed by atoms with van der Waals surface area (Å²) in [4.78, 5) is 2.52. The molecule has 0 amide bonds. The Kier molecular flexibility index (Phi) is 3.62. The molecule has 2 rings (SSSR count). The molecule has 16 heavy (non-hydrogen) atoms. The fraction of sp³-hybridized carbons (Fsp3) is 0.571. The van der Waals surface area contributed by atoms with E-state index in [1.54, 1.807) is 0 Å². The van der Waals surface area contributed by atoms with Crippen LogP contribution in [-0.2, 0) is 6.54 Å². The van der Waals surface area contributed by atoms with Gasteiger partial charge in [-0.3, -0.25) is 4.90 Å². The Morgan fingerprint density at radius 1 is 1.31 bits per heavy atom. The van der Waals surface area contributed by atoms with E-state index in [-0.39, 0.29) is 0 Å². The molecule has 0 spiro atoms. The predicted octanol–water partition coefficient (Wildman–Crippen LogP) is 2.10. The van der Waals surface area contributed by atoms with Gasteiger partial charge >= 0.3 is 0 Å². The third-order valence-electron chi connectivity index (χ3n) is 3.67. The number of benzene rings is 1. The number of nitrogens with zero attached hydrogens (tertiary/aromatic N) is 1. The standard InChI is InChI=1S/C14H22N2/c1-11-8-16(10-14(11)12(2)15)9-13-6-4-3-5-7-13/h3-7,11-12,14H,8-10,15H2,1-2H3. The molecule has 1 fully saturated rings. The zero-order valence-electron chi connectivity index (χ0n) is 10.3. The zero-order chi connectivity index (χ0) is 11.5. The molecule has 1 aliphatic rings. The summed E-state index contributed by atoms with van der Waals surface area (Å²) in [7, 11) is 0. The summed E-state index contributed by atoms with van der Waals surface area (Å²) in [6.45, 7) is 7.84. The molecule has 1 aromatic rings. The fourth-order valence-electron chi connectivity index (χ4n) is 2.75. The Balaban J connectivity index is 1.94. The van der Waals surface area contributed by atoms with Gasteiger partial charge in [0.05, 0.1) is 0 Å². The van der Waals surface area contributed by atoms with E-state index in [2.05, 4.69) is 49.1 Å². The average Bonchev–Trinajstić information content (AvgIpc) is 2.61. The third kappa shape index (κ3) is 2.63. The average molecular weight is 218 g/mol. The molecule has 88 valence electrons. The van der Waals surface area contributed by atoms with E-state index in [0.717, 1.165) is 19.0 Å². The first kappa shape index (κ1) is 11.6. The Labute approximate surface area is 98.4 Å². The van der Waals surface area contributed by atoms with E-state index >= 15 is 0 Å². The second-order valence-corrected chi connectivity index (χ2v) is 5.18. The van der Waals surface area contributed by atoms with Gasteiger partial charge in [0.2, 0.25) is 0 Å². The molecule has 3 unspecified atom stereocenters. The van der Waals surface area contributed by atoms with Crippen LogP contribution in [0.4, 0.5) is 0 Å². The molecular formula is C14H22N2. The first-order valence-electron chi connectivity index (χ1n) is 6.18. The molecule has 1 heterocycles. The van der Waals surface area contributed by atoms with E-state index in [1.165, 1.54) is 12.1 Å². The summed E-state index contributed by atoms with van der Waals surface area (Å²) in [5, 5.41) is 0. The van der Waals surface area contributed by atoms with Crippen molar-refractivity contribution >= 4 is 0 Å². The minimum Gasteiger partial charge on any atom is -0.328 e. The van der Waals surface area contributed by atoms with Crippen LogP contribution in [0.25, 0.3) is 0 Å². The molecule has 0 aromatic heterocycles. The van der Waals surface area contributed by atoms with Gasteiger partial charge in [-0.25, -0.2) is 0 Å². The van der Waals surface area contributed by atoms with Crippen molar-refractivity contribution in [1.82, 2.24) is 4.90 Å². The summed E-state index contributed by atoms with van der Waals surface area (Å²) in [5.74, 6) is 1.38. The monoisotopic (exact) mass is 218 g/mol. The zero-order valence-corrected chi connectivity index (χ0v) is 10.3. The van der Waals surface area contributed by atoms with Crippen LogP contribution >= 0.6 is 0 Å². The van der Waals surface area contributed by atoms with E-state index in [4.69, 9.17) is 5.73 Å². The summed E-state index contributed by atoms with van der Waals surface area (Å²) in [5.41, 5.74) is 7.42. The first-order chi connectivity index (χ1) is 7.66. The topological polar surface area (TPSA) is 29.3 Å². The molecule has 3 atom stereocenters. The highest BCUT2D eigenvalue weighted by Crippen LogP contribution is 2.26. The van der Waals surface area contributed by atoms with Crippen LogP contribution in [0.3, 0.4) is 0 Å². The van der Waals surface area contributed by atoms with Crippen molar-refractivity contribution in [3.63, 3.8) is 0 Å². The van der Waals surface area contributed by atoms with E-state index in [0.29, 0.717) is 12.0 Å². The lowest BCUT2D eigenvalue weighted by atomic mass is 9.92. The molecule has 0 bridgehead atoms. The number of likely N-dealkylation sites (tertiary alicyclic amines) is 1. The lowest BCUT2D eigenvalue weighted by molar-refractivity contribution is 0.308. The molecular weight excluding hydrogens is 196 g/mol. The van der Waals surface area contributed by atoms with Crippen LogP contribution in [0.5, 0.6) is 0 Å². The van der Waals surface area contributed by atoms with E-state index < -0.39 is 0 Å². The van der Waals surface area contributed by atoms with Gasteiger partial charge in [0.25, 0.3) is 0 Å². The molecule has 1 saturated heterocycles. The van der Waals surface area contributed by atoms with Crippen LogP contribution in [0.15, 0.2) is 30.3 Å². The fourth-order valence-corrected chi connectivity index (χ4v) is 2.75. The summed E-state index contributed by atoms with van der Waals surface area (Å²) >= 11 is 0. The molecule has 0 saturated carbocycles. The number of hydrogen-bond donors (Lipinski definition) is 1. The Morgan fingerprint density at radius 2 is 2.00 bits per heavy atom. The third-order valence-corrected chi connectivity index (χ3v) is 3.67. The van der Waals surface area contributed by atoms with Crippen molar-refractivity contribution < 1.29 is 0 Å². The van der Waals surface area contributed by atoms with Crippen molar-refractivity contribution in [2.24, 2.45) is 17.6 Å². The number of rotatable bonds is 3. The van der Waals surface area contributed by atoms with Crippen LogP contribution in [0, 0.1) is 11.8 Å². The van der Waals surface area contributed by atoms with Crippen molar-refractivity contribution in [3.05, 3.63) is 35.9 Å². The summed E-state index contributed by atoms with van der Waals surface area (Å²) < 4.78 is 0. The lowest BCUT2D eigenvalue weighted by Crippen LogP contribution is -2.31. The highest BCUT2D eigenvalue weighted by Gasteiger charge is 2.31. The maximum Gasteiger partial charge on any atom is 0.0233 e. The minimum atomic E-state index is 0.316. The lowest BCUT2D eigenvalue weighted by Gasteiger charge is -2.18. The number of nitrogens with two attached hydrogens (primary N) is 1. The maximum atomic E-state index is 6.02. The molecule has 1 aromatic carbocycles. The van der Waals surface area contributed by atoms with E-state index in [9.17, 15) is 0 Å². The second kappa shape index (κ2) is 4.98. The van der Waals surface area contributed by atoms with Crippen LogP contribution in [0.1, 0.15) is 19.4 Å². The van der Waals surface area contributed by atoms with Gasteiger partial charge in [-0.05, 0) is 24.3 Å². The summed E-state index contributed by atoms with van der Waals surface area (Å²) in [6, 6.07) is 11.0. The van der Waals surface area contributed by atoms with Crippen LogP contribution in [-0.4, -0.2) is 24.0 Å². The van der Waals surface area contributed by atoms with Gasteiger partial charge < -0.3 is 5.73 Å². The van der Waals surface area contributed by atoms with Gasteiger partial charge in [0.15, 0.2) is 0 Å². The van der Waals surface area contributed by atoms with Gasteiger partial charge in [-0.1, -0.05) is 37.3 Å². The molecule has 2 heteroatoms.